The summed E-state index contributed by atoms with van der Waals surface area (Å²) in [5.74, 6) is 1.34. The maximum atomic E-state index is 10.4. The largest absolute Gasteiger partial charge is 0.497 e. The number of carbonyl (C=O) groups excluding carboxylic acids is 1. The fourth-order valence-corrected chi connectivity index (χ4v) is 1.38. The molecule has 0 aliphatic rings. The van der Waals surface area contributed by atoms with Gasteiger partial charge >= 0.3 is 0 Å². The Balaban J connectivity index is 3.22. The monoisotopic (exact) mass is 208 g/mol. The van der Waals surface area contributed by atoms with Gasteiger partial charge in [0.1, 0.15) is 11.5 Å². The molecule has 15 heavy (non-hydrogen) atoms. The van der Waals surface area contributed by atoms with Gasteiger partial charge in [-0.25, -0.2) is 0 Å². The van der Waals surface area contributed by atoms with E-state index in [-0.39, 0.29) is 5.41 Å². The van der Waals surface area contributed by atoms with Gasteiger partial charge in [0.2, 0.25) is 0 Å². The van der Waals surface area contributed by atoms with E-state index in [2.05, 4.69) is 20.8 Å². The molecule has 1 aromatic rings. The second-order valence-electron chi connectivity index (χ2n) is 4.33. The molecule has 0 aliphatic carbocycles. The molecule has 0 heterocycles. The lowest BCUT2D eigenvalue weighted by Crippen LogP contribution is -2.13. The van der Waals surface area contributed by atoms with E-state index in [1.54, 1.807) is 19.2 Å². The molecule has 0 N–H and O–H groups in total. The van der Waals surface area contributed by atoms with Crippen LogP contribution in [-0.4, -0.2) is 13.6 Å². The van der Waals surface area contributed by atoms with Crippen molar-refractivity contribution in [2.24, 2.45) is 0 Å². The fourth-order valence-electron chi connectivity index (χ4n) is 1.38. The van der Waals surface area contributed by atoms with E-state index >= 15 is 0 Å². The van der Waals surface area contributed by atoms with Gasteiger partial charge in [-0.3, -0.25) is 4.79 Å². The average molecular weight is 208 g/mol. The first-order chi connectivity index (χ1) is 6.99. The molecule has 0 bridgehead atoms. The first-order valence-electron chi connectivity index (χ1n) is 4.78. The highest BCUT2D eigenvalue weighted by Gasteiger charge is 2.19. The molecular formula is C12H16O3. The van der Waals surface area contributed by atoms with Gasteiger partial charge in [0.05, 0.1) is 7.11 Å². The van der Waals surface area contributed by atoms with Crippen molar-refractivity contribution in [2.75, 3.05) is 7.11 Å². The molecule has 0 fully saturated rings. The second kappa shape index (κ2) is 4.34. The minimum absolute atomic E-state index is 0.0904. The molecule has 3 heteroatoms. The van der Waals surface area contributed by atoms with Crippen LogP contribution >= 0.6 is 0 Å². The number of hydrogen-bond acceptors (Lipinski definition) is 3. The highest BCUT2D eigenvalue weighted by Crippen LogP contribution is 2.33. The van der Waals surface area contributed by atoms with E-state index in [0.717, 1.165) is 11.3 Å². The van der Waals surface area contributed by atoms with Crippen molar-refractivity contribution >= 4 is 6.47 Å². The summed E-state index contributed by atoms with van der Waals surface area (Å²) >= 11 is 0. The van der Waals surface area contributed by atoms with Crippen molar-refractivity contribution in [1.29, 1.82) is 0 Å². The third-order valence-corrected chi connectivity index (χ3v) is 2.17. The number of ether oxygens (including phenoxy) is 2. The minimum Gasteiger partial charge on any atom is -0.497 e. The fraction of sp³-hybridized carbons (Fsp3) is 0.417. The average Bonchev–Trinajstić information content (AvgIpc) is 2.17. The van der Waals surface area contributed by atoms with E-state index in [4.69, 9.17) is 9.47 Å². The van der Waals surface area contributed by atoms with E-state index in [0.29, 0.717) is 12.2 Å². The number of benzene rings is 1. The normalized spacial score (nSPS) is 10.9. The van der Waals surface area contributed by atoms with E-state index in [1.165, 1.54) is 0 Å². The molecule has 0 saturated heterocycles. The van der Waals surface area contributed by atoms with Gasteiger partial charge in [0.25, 0.3) is 6.47 Å². The summed E-state index contributed by atoms with van der Waals surface area (Å²) in [6.45, 7) is 6.61. The van der Waals surface area contributed by atoms with Crippen molar-refractivity contribution in [3.05, 3.63) is 23.8 Å². The first-order valence-corrected chi connectivity index (χ1v) is 4.78. The van der Waals surface area contributed by atoms with Gasteiger partial charge in [-0.2, -0.15) is 0 Å². The van der Waals surface area contributed by atoms with Gasteiger partial charge < -0.3 is 9.47 Å². The van der Waals surface area contributed by atoms with Crippen LogP contribution in [0.2, 0.25) is 0 Å². The molecule has 0 saturated carbocycles. The smallest absolute Gasteiger partial charge is 0.298 e. The Bertz CT molecular complexity index is 350. The van der Waals surface area contributed by atoms with Crippen molar-refractivity contribution in [3.8, 4) is 11.5 Å². The summed E-state index contributed by atoms with van der Waals surface area (Å²) in [5.41, 5.74) is 0.862. The third-order valence-electron chi connectivity index (χ3n) is 2.17. The predicted octanol–water partition coefficient (Wildman–Crippen LogP) is 2.53. The lowest BCUT2D eigenvalue weighted by molar-refractivity contribution is -0.120. The van der Waals surface area contributed by atoms with Crippen LogP contribution in [0.1, 0.15) is 26.3 Å². The molecule has 1 aromatic carbocycles. The summed E-state index contributed by atoms with van der Waals surface area (Å²) in [4.78, 5) is 10.4. The molecule has 1 rings (SSSR count). The maximum absolute atomic E-state index is 10.4. The summed E-state index contributed by atoms with van der Waals surface area (Å²) in [7, 11) is 1.61. The van der Waals surface area contributed by atoms with Crippen molar-refractivity contribution in [1.82, 2.24) is 0 Å². The zero-order chi connectivity index (χ0) is 11.5. The van der Waals surface area contributed by atoms with Crippen LogP contribution in [0.15, 0.2) is 18.2 Å². The van der Waals surface area contributed by atoms with Crippen LogP contribution in [0, 0.1) is 0 Å². The molecule has 0 unspecified atom stereocenters. The van der Waals surface area contributed by atoms with Crippen LogP contribution in [0.5, 0.6) is 11.5 Å². The van der Waals surface area contributed by atoms with Crippen molar-refractivity contribution in [2.45, 2.75) is 26.2 Å². The van der Waals surface area contributed by atoms with Gasteiger partial charge in [-0.15, -0.1) is 0 Å². The van der Waals surface area contributed by atoms with E-state index in [9.17, 15) is 4.79 Å². The van der Waals surface area contributed by atoms with Crippen LogP contribution in [0.25, 0.3) is 0 Å². The molecule has 0 aliphatic heterocycles. The number of rotatable bonds is 3. The number of methoxy groups -OCH3 is 1. The molecule has 3 nitrogen and oxygen atoms in total. The second-order valence-corrected chi connectivity index (χ2v) is 4.33. The van der Waals surface area contributed by atoms with Crippen molar-refractivity contribution < 1.29 is 14.3 Å². The zero-order valence-electron chi connectivity index (χ0n) is 9.53. The Labute approximate surface area is 90.0 Å². The standard InChI is InChI=1S/C12H16O3/c1-12(2,3)10-7-9(14-4)5-6-11(10)15-8-13/h5-8H,1-4H3. The van der Waals surface area contributed by atoms with Crippen LogP contribution in [0.4, 0.5) is 0 Å². The van der Waals surface area contributed by atoms with Crippen molar-refractivity contribution in [3.63, 3.8) is 0 Å². The quantitative estimate of drug-likeness (QED) is 0.716. The molecule has 0 spiro atoms. The molecule has 0 amide bonds. The van der Waals surface area contributed by atoms with E-state index < -0.39 is 0 Å². The Morgan fingerprint density at radius 3 is 2.40 bits per heavy atom. The minimum atomic E-state index is -0.0904. The molecule has 82 valence electrons. The van der Waals surface area contributed by atoms with Crippen LogP contribution < -0.4 is 9.47 Å². The third kappa shape index (κ3) is 2.72. The summed E-state index contributed by atoms with van der Waals surface area (Å²) in [5, 5.41) is 0. The topological polar surface area (TPSA) is 35.5 Å². The van der Waals surface area contributed by atoms with Crippen LogP contribution in [-0.2, 0) is 10.2 Å². The number of hydrogen-bond donors (Lipinski definition) is 0. The Morgan fingerprint density at radius 1 is 1.27 bits per heavy atom. The molecule has 0 atom stereocenters. The molecule has 0 radical (unpaired) electrons. The Morgan fingerprint density at radius 2 is 1.93 bits per heavy atom. The Kier molecular flexibility index (Phi) is 3.35. The lowest BCUT2D eigenvalue weighted by Gasteiger charge is -2.22. The SMILES string of the molecule is COc1ccc(OC=O)c(C(C)(C)C)c1. The van der Waals surface area contributed by atoms with Gasteiger partial charge in [0.15, 0.2) is 0 Å². The number of carbonyl (C=O) groups is 1. The molecular weight excluding hydrogens is 192 g/mol. The van der Waals surface area contributed by atoms with Gasteiger partial charge in [-0.1, -0.05) is 20.8 Å². The molecule has 0 aromatic heterocycles. The highest BCUT2D eigenvalue weighted by molar-refractivity contribution is 5.51. The zero-order valence-corrected chi connectivity index (χ0v) is 9.53. The summed E-state index contributed by atoms with van der Waals surface area (Å²) in [6, 6.07) is 5.40. The van der Waals surface area contributed by atoms with E-state index in [1.807, 2.05) is 6.07 Å². The summed E-state index contributed by atoms with van der Waals surface area (Å²) < 4.78 is 10.1. The Hall–Kier alpha value is -1.51. The summed E-state index contributed by atoms with van der Waals surface area (Å²) in [6.07, 6.45) is 0. The maximum Gasteiger partial charge on any atom is 0.298 e. The highest BCUT2D eigenvalue weighted by atomic mass is 16.5. The predicted molar refractivity (Wildman–Crippen MR) is 58.4 cm³/mol. The first kappa shape index (κ1) is 11.6. The van der Waals surface area contributed by atoms with Gasteiger partial charge in [0, 0.05) is 5.56 Å². The lowest BCUT2D eigenvalue weighted by atomic mass is 9.86. The van der Waals surface area contributed by atoms with Gasteiger partial charge in [-0.05, 0) is 23.6 Å². The van der Waals surface area contributed by atoms with Crippen LogP contribution in [0.3, 0.4) is 0 Å².